The minimum absolute atomic E-state index is 0.0219. The molecule has 0 radical (unpaired) electrons. The molecule has 1 fully saturated rings. The molecule has 1 atom stereocenters. The number of ketones is 1. The Balaban J connectivity index is 2.02. The molecule has 10 heteroatoms. The summed E-state index contributed by atoms with van der Waals surface area (Å²) in [6.45, 7) is 0. The zero-order valence-corrected chi connectivity index (χ0v) is 18.8. The normalized spacial score (nSPS) is 17.4. The van der Waals surface area contributed by atoms with Crippen LogP contribution in [0.2, 0.25) is 10.0 Å². The van der Waals surface area contributed by atoms with Crippen molar-refractivity contribution in [2.45, 2.75) is 6.04 Å². The fourth-order valence-corrected chi connectivity index (χ4v) is 4.38. The van der Waals surface area contributed by atoms with Crippen molar-refractivity contribution in [2.24, 2.45) is 0 Å². The van der Waals surface area contributed by atoms with E-state index < -0.39 is 52.2 Å². The Morgan fingerprint density at radius 1 is 0.971 bits per heavy atom. The number of rotatable bonds is 4. The fourth-order valence-electron chi connectivity index (χ4n) is 3.81. The molecule has 1 unspecified atom stereocenters. The summed E-state index contributed by atoms with van der Waals surface area (Å²) in [5.41, 5.74) is -0.771. The van der Waals surface area contributed by atoms with Crippen molar-refractivity contribution < 1.29 is 32.6 Å². The van der Waals surface area contributed by atoms with Crippen molar-refractivity contribution in [2.75, 3.05) is 12.0 Å². The Morgan fingerprint density at radius 3 is 2.24 bits per heavy atom. The number of hydrogen-bond acceptors (Lipinski definition) is 4. The van der Waals surface area contributed by atoms with Gasteiger partial charge in [-0.3, -0.25) is 14.5 Å². The Morgan fingerprint density at radius 2 is 1.62 bits per heavy atom. The van der Waals surface area contributed by atoms with Crippen LogP contribution in [0.3, 0.4) is 0 Å². The van der Waals surface area contributed by atoms with Crippen molar-refractivity contribution >= 4 is 46.3 Å². The molecule has 0 aliphatic carbocycles. The van der Waals surface area contributed by atoms with Crippen molar-refractivity contribution in [3.63, 3.8) is 0 Å². The van der Waals surface area contributed by atoms with Crippen LogP contribution in [0.1, 0.15) is 17.2 Å². The number of Topliss-reactive ketones (excluding diaryl/α,β-unsaturated/α-hetero) is 1. The minimum Gasteiger partial charge on any atom is -0.507 e. The summed E-state index contributed by atoms with van der Waals surface area (Å²) in [5.74, 6) is -5.68. The van der Waals surface area contributed by atoms with Crippen molar-refractivity contribution in [3.8, 4) is 5.75 Å². The van der Waals surface area contributed by atoms with E-state index in [0.29, 0.717) is 6.07 Å². The van der Waals surface area contributed by atoms with Gasteiger partial charge in [-0.15, -0.1) is 0 Å². The summed E-state index contributed by atoms with van der Waals surface area (Å²) >= 11 is 12.2. The van der Waals surface area contributed by atoms with E-state index >= 15 is 0 Å². The van der Waals surface area contributed by atoms with Crippen LogP contribution in [0.25, 0.3) is 5.76 Å². The highest BCUT2D eigenvalue weighted by molar-refractivity contribution is 6.52. The zero-order valence-electron chi connectivity index (χ0n) is 17.3. The average Bonchev–Trinajstić information content (AvgIpc) is 3.04. The van der Waals surface area contributed by atoms with E-state index in [0.717, 1.165) is 29.2 Å². The van der Waals surface area contributed by atoms with E-state index in [9.17, 15) is 27.9 Å². The summed E-state index contributed by atoms with van der Waals surface area (Å²) in [4.78, 5) is 26.9. The van der Waals surface area contributed by atoms with Gasteiger partial charge in [0.05, 0.1) is 35.0 Å². The van der Waals surface area contributed by atoms with E-state index in [-0.39, 0.29) is 26.9 Å². The predicted octanol–water partition coefficient (Wildman–Crippen LogP) is 6.05. The number of hydrogen-bond donors (Lipinski definition) is 1. The number of amides is 1. The number of ether oxygens (including phenoxy) is 1. The van der Waals surface area contributed by atoms with Gasteiger partial charge in [0.1, 0.15) is 29.0 Å². The largest absolute Gasteiger partial charge is 0.507 e. The molecular formula is C24H14Cl2F3NO4. The minimum atomic E-state index is -1.39. The van der Waals surface area contributed by atoms with Gasteiger partial charge in [0.15, 0.2) is 0 Å². The number of carbonyl (C=O) groups is 2. The van der Waals surface area contributed by atoms with Crippen LogP contribution < -0.4 is 9.64 Å². The lowest BCUT2D eigenvalue weighted by atomic mass is 9.94. The first-order chi connectivity index (χ1) is 16.1. The van der Waals surface area contributed by atoms with Crippen molar-refractivity contribution in [1.29, 1.82) is 0 Å². The van der Waals surface area contributed by atoms with Crippen LogP contribution in [0, 0.1) is 17.5 Å². The summed E-state index contributed by atoms with van der Waals surface area (Å²) in [5, 5.41) is 11.3. The van der Waals surface area contributed by atoms with Crippen LogP contribution in [-0.4, -0.2) is 23.9 Å². The average molecular weight is 508 g/mol. The summed E-state index contributed by atoms with van der Waals surface area (Å²) < 4.78 is 47.0. The Kier molecular flexibility index (Phi) is 6.29. The predicted molar refractivity (Wildman–Crippen MR) is 121 cm³/mol. The molecule has 3 aromatic rings. The number of methoxy groups -OCH3 is 1. The van der Waals surface area contributed by atoms with E-state index in [1.807, 2.05) is 0 Å². The molecule has 1 heterocycles. The highest BCUT2D eigenvalue weighted by Gasteiger charge is 2.48. The second-order valence-electron chi connectivity index (χ2n) is 7.28. The number of benzene rings is 3. The third kappa shape index (κ3) is 3.99. The quantitative estimate of drug-likeness (QED) is 0.265. The summed E-state index contributed by atoms with van der Waals surface area (Å²) in [6, 6.07) is 8.39. The fraction of sp³-hybridized carbons (Fsp3) is 0.0833. The van der Waals surface area contributed by atoms with Gasteiger partial charge in [-0.05, 0) is 42.0 Å². The number of anilines is 1. The second-order valence-corrected chi connectivity index (χ2v) is 8.13. The van der Waals surface area contributed by atoms with Crippen molar-refractivity contribution in [3.05, 3.63) is 98.8 Å². The maximum atomic E-state index is 14.7. The van der Waals surface area contributed by atoms with E-state index in [1.165, 1.54) is 31.4 Å². The maximum absolute atomic E-state index is 14.7. The topological polar surface area (TPSA) is 66.8 Å². The summed E-state index contributed by atoms with van der Waals surface area (Å²) in [7, 11) is 1.27. The SMILES string of the molecule is COc1c(Cl)cc(Cl)cc1/C(O)=C1\C(=O)C(=O)N(c2ccc(F)cc2F)C1c1ccc(F)cc1. The molecule has 1 aliphatic rings. The Labute approximate surface area is 201 Å². The van der Waals surface area contributed by atoms with Gasteiger partial charge in [0, 0.05) is 11.1 Å². The van der Waals surface area contributed by atoms with Crippen LogP contribution in [0.5, 0.6) is 5.75 Å². The van der Waals surface area contributed by atoms with Gasteiger partial charge in [-0.2, -0.15) is 0 Å². The van der Waals surface area contributed by atoms with Gasteiger partial charge in [0.2, 0.25) is 0 Å². The van der Waals surface area contributed by atoms with E-state index in [1.54, 1.807) is 0 Å². The molecule has 1 aliphatic heterocycles. The third-order valence-corrected chi connectivity index (χ3v) is 5.77. The molecule has 0 spiro atoms. The second kappa shape index (κ2) is 9.04. The number of carbonyl (C=O) groups excluding carboxylic acids is 2. The van der Waals surface area contributed by atoms with Gasteiger partial charge < -0.3 is 9.84 Å². The number of halogens is 5. The lowest BCUT2D eigenvalue weighted by Gasteiger charge is -2.26. The first-order valence-electron chi connectivity index (χ1n) is 9.69. The van der Waals surface area contributed by atoms with E-state index in [2.05, 4.69) is 0 Å². The molecule has 1 saturated heterocycles. The molecule has 1 amide bonds. The van der Waals surface area contributed by atoms with Gasteiger partial charge in [-0.1, -0.05) is 35.3 Å². The zero-order chi connectivity index (χ0) is 24.7. The molecule has 0 bridgehead atoms. The number of aliphatic hydroxyl groups excluding tert-OH is 1. The smallest absolute Gasteiger partial charge is 0.300 e. The molecule has 5 nitrogen and oxygen atoms in total. The Bertz CT molecular complexity index is 1360. The maximum Gasteiger partial charge on any atom is 0.300 e. The standard InChI is InChI=1S/C24H14Cl2F3NO4/c1-34-23-15(8-12(25)9-16(23)26)21(31)19-20(11-2-4-13(27)5-3-11)30(24(33)22(19)32)18-7-6-14(28)10-17(18)29/h2-10,20,31H,1H3/b21-19+. The molecular weight excluding hydrogens is 494 g/mol. The van der Waals surface area contributed by atoms with Crippen molar-refractivity contribution in [1.82, 2.24) is 0 Å². The van der Waals surface area contributed by atoms with Crippen LogP contribution in [-0.2, 0) is 9.59 Å². The van der Waals surface area contributed by atoms with E-state index in [4.69, 9.17) is 27.9 Å². The molecule has 174 valence electrons. The summed E-state index contributed by atoms with van der Waals surface area (Å²) in [6.07, 6.45) is 0. The molecule has 1 N–H and O–H groups in total. The molecule has 0 saturated carbocycles. The lowest BCUT2D eigenvalue weighted by Crippen LogP contribution is -2.30. The van der Waals surface area contributed by atoms with Gasteiger partial charge >= 0.3 is 0 Å². The molecule has 0 aromatic heterocycles. The van der Waals surface area contributed by atoms with Crippen LogP contribution >= 0.6 is 23.2 Å². The Hall–Kier alpha value is -3.49. The number of aliphatic hydroxyl groups is 1. The number of nitrogens with zero attached hydrogens (tertiary/aromatic N) is 1. The molecule has 4 rings (SSSR count). The monoisotopic (exact) mass is 507 g/mol. The first-order valence-corrected chi connectivity index (χ1v) is 10.4. The highest BCUT2D eigenvalue weighted by Crippen LogP contribution is 2.45. The van der Waals surface area contributed by atoms with Crippen LogP contribution in [0.15, 0.2) is 60.2 Å². The molecule has 3 aromatic carbocycles. The third-order valence-electron chi connectivity index (χ3n) is 5.27. The van der Waals surface area contributed by atoms with Gasteiger partial charge in [-0.25, -0.2) is 13.2 Å². The van der Waals surface area contributed by atoms with Gasteiger partial charge in [0.25, 0.3) is 11.7 Å². The van der Waals surface area contributed by atoms with Crippen LogP contribution in [0.4, 0.5) is 18.9 Å². The lowest BCUT2D eigenvalue weighted by molar-refractivity contribution is -0.132. The first kappa shape index (κ1) is 23.7. The molecule has 34 heavy (non-hydrogen) atoms. The highest BCUT2D eigenvalue weighted by atomic mass is 35.5.